The van der Waals surface area contributed by atoms with Crippen LogP contribution in [-0.4, -0.2) is 55.5 Å². The fourth-order valence-electron chi connectivity index (χ4n) is 1.52. The number of piperidine rings is 1. The van der Waals surface area contributed by atoms with Gasteiger partial charge in [-0.1, -0.05) is 0 Å². The molecule has 0 aromatic heterocycles. The largest absolute Gasteiger partial charge is 0.347 e. The Bertz CT molecular complexity index is 235. The molecule has 0 aromatic rings. The number of urea groups is 1. The third-order valence-electron chi connectivity index (χ3n) is 2.53. The summed E-state index contributed by atoms with van der Waals surface area (Å²) in [6.07, 6.45) is 3.32. The number of nitrogens with one attached hydrogen (secondary N) is 1. The fourth-order valence-corrected chi connectivity index (χ4v) is 1.52. The molecule has 0 aromatic carbocycles. The van der Waals surface area contributed by atoms with E-state index < -0.39 is 0 Å². The highest BCUT2D eigenvalue weighted by Gasteiger charge is 2.16. The van der Waals surface area contributed by atoms with E-state index in [1.165, 1.54) is 11.3 Å². The number of carbonyl (C=O) groups excluding carboxylic acids is 2. The van der Waals surface area contributed by atoms with E-state index in [1.54, 1.807) is 19.0 Å². The lowest BCUT2D eigenvalue weighted by Gasteiger charge is -2.26. The summed E-state index contributed by atoms with van der Waals surface area (Å²) in [4.78, 5) is 26.0. The molecule has 1 fully saturated rings. The van der Waals surface area contributed by atoms with Crippen molar-refractivity contribution in [3.05, 3.63) is 0 Å². The standard InChI is InChI=1S/C10H19N3O2/c1-12(2)9(14)8-11-10(15)13-6-4-3-5-7-13/h3-8H2,1-2H3,(H,11,15). The Hall–Kier alpha value is -1.26. The molecule has 1 N–H and O–H groups in total. The van der Waals surface area contributed by atoms with Gasteiger partial charge in [-0.3, -0.25) is 4.79 Å². The Morgan fingerprint density at radius 1 is 1.20 bits per heavy atom. The first kappa shape index (κ1) is 11.8. The Morgan fingerprint density at radius 2 is 1.80 bits per heavy atom. The van der Waals surface area contributed by atoms with Crippen LogP contribution >= 0.6 is 0 Å². The van der Waals surface area contributed by atoms with E-state index in [0.717, 1.165) is 25.9 Å². The van der Waals surface area contributed by atoms with E-state index >= 15 is 0 Å². The van der Waals surface area contributed by atoms with E-state index in [4.69, 9.17) is 0 Å². The van der Waals surface area contributed by atoms with Gasteiger partial charge in [0.05, 0.1) is 6.54 Å². The van der Waals surface area contributed by atoms with E-state index in [9.17, 15) is 9.59 Å². The predicted molar refractivity (Wildman–Crippen MR) is 57.5 cm³/mol. The second-order valence-electron chi connectivity index (χ2n) is 3.99. The summed E-state index contributed by atoms with van der Waals surface area (Å²) in [5.74, 6) is -0.0830. The molecular weight excluding hydrogens is 194 g/mol. The van der Waals surface area contributed by atoms with Gasteiger partial charge in [-0.05, 0) is 19.3 Å². The first-order valence-electron chi connectivity index (χ1n) is 5.34. The van der Waals surface area contributed by atoms with Crippen molar-refractivity contribution in [1.82, 2.24) is 15.1 Å². The Morgan fingerprint density at radius 3 is 2.33 bits per heavy atom. The molecule has 86 valence electrons. The third kappa shape index (κ3) is 3.77. The van der Waals surface area contributed by atoms with Crippen molar-refractivity contribution in [2.24, 2.45) is 0 Å². The van der Waals surface area contributed by atoms with E-state index in [1.807, 2.05) is 0 Å². The van der Waals surface area contributed by atoms with Crippen molar-refractivity contribution in [2.45, 2.75) is 19.3 Å². The van der Waals surface area contributed by atoms with Crippen molar-refractivity contribution in [1.29, 1.82) is 0 Å². The molecule has 5 nitrogen and oxygen atoms in total. The minimum Gasteiger partial charge on any atom is -0.347 e. The lowest BCUT2D eigenvalue weighted by molar-refractivity contribution is -0.127. The van der Waals surface area contributed by atoms with Crippen LogP contribution in [0, 0.1) is 0 Å². The fraction of sp³-hybridized carbons (Fsp3) is 0.800. The zero-order valence-electron chi connectivity index (χ0n) is 9.45. The highest BCUT2D eigenvalue weighted by molar-refractivity contribution is 5.83. The molecule has 0 aliphatic carbocycles. The predicted octanol–water partition coefficient (Wildman–Crippen LogP) is 0.270. The summed E-state index contributed by atoms with van der Waals surface area (Å²) in [6, 6.07) is -0.120. The minimum atomic E-state index is -0.120. The van der Waals surface area contributed by atoms with Crippen molar-refractivity contribution < 1.29 is 9.59 Å². The van der Waals surface area contributed by atoms with Gasteiger partial charge in [-0.25, -0.2) is 4.79 Å². The molecule has 1 saturated heterocycles. The summed E-state index contributed by atoms with van der Waals surface area (Å²) in [7, 11) is 3.35. The maximum atomic E-state index is 11.6. The number of carbonyl (C=O) groups is 2. The third-order valence-corrected chi connectivity index (χ3v) is 2.53. The molecular formula is C10H19N3O2. The van der Waals surface area contributed by atoms with Crippen LogP contribution in [0.2, 0.25) is 0 Å². The second kappa shape index (κ2) is 5.58. The molecule has 0 atom stereocenters. The number of rotatable bonds is 2. The van der Waals surface area contributed by atoms with Crippen LogP contribution in [0.15, 0.2) is 0 Å². The van der Waals surface area contributed by atoms with Gasteiger partial charge >= 0.3 is 6.03 Å². The molecule has 0 spiro atoms. The van der Waals surface area contributed by atoms with Gasteiger partial charge in [0.2, 0.25) is 5.91 Å². The van der Waals surface area contributed by atoms with Gasteiger partial charge in [-0.15, -0.1) is 0 Å². The highest BCUT2D eigenvalue weighted by atomic mass is 16.2. The average molecular weight is 213 g/mol. The summed E-state index contributed by atoms with van der Waals surface area (Å²) in [5, 5.41) is 2.63. The first-order chi connectivity index (χ1) is 7.11. The summed E-state index contributed by atoms with van der Waals surface area (Å²) in [6.45, 7) is 1.70. The molecule has 1 aliphatic heterocycles. The van der Waals surface area contributed by atoms with Crippen LogP contribution < -0.4 is 5.32 Å². The summed E-state index contributed by atoms with van der Waals surface area (Å²) < 4.78 is 0. The normalized spacial score (nSPS) is 16.0. The maximum absolute atomic E-state index is 11.6. The molecule has 0 unspecified atom stereocenters. The first-order valence-corrected chi connectivity index (χ1v) is 5.34. The highest BCUT2D eigenvalue weighted by Crippen LogP contribution is 2.07. The molecule has 1 heterocycles. The van der Waals surface area contributed by atoms with Crippen molar-refractivity contribution in [3.63, 3.8) is 0 Å². The van der Waals surface area contributed by atoms with Crippen LogP contribution in [0.1, 0.15) is 19.3 Å². The topological polar surface area (TPSA) is 52.7 Å². The molecule has 15 heavy (non-hydrogen) atoms. The van der Waals surface area contributed by atoms with Crippen LogP contribution in [0.3, 0.4) is 0 Å². The van der Waals surface area contributed by atoms with Crippen LogP contribution in [0.5, 0.6) is 0 Å². The number of hydrogen-bond donors (Lipinski definition) is 1. The van der Waals surface area contributed by atoms with Gasteiger partial charge in [-0.2, -0.15) is 0 Å². The van der Waals surface area contributed by atoms with Crippen LogP contribution in [0.4, 0.5) is 4.79 Å². The van der Waals surface area contributed by atoms with E-state index in [-0.39, 0.29) is 18.5 Å². The van der Waals surface area contributed by atoms with Gasteiger partial charge in [0.25, 0.3) is 0 Å². The van der Waals surface area contributed by atoms with Crippen molar-refractivity contribution >= 4 is 11.9 Å². The quantitative estimate of drug-likeness (QED) is 0.716. The molecule has 0 radical (unpaired) electrons. The van der Waals surface area contributed by atoms with Gasteiger partial charge < -0.3 is 15.1 Å². The molecule has 3 amide bonds. The lowest BCUT2D eigenvalue weighted by atomic mass is 10.1. The second-order valence-corrected chi connectivity index (χ2v) is 3.99. The maximum Gasteiger partial charge on any atom is 0.317 e. The lowest BCUT2D eigenvalue weighted by Crippen LogP contribution is -2.46. The Balaban J connectivity index is 2.26. The number of likely N-dealkylation sites (tertiary alicyclic amines) is 1. The van der Waals surface area contributed by atoms with Gasteiger partial charge in [0.15, 0.2) is 0 Å². The number of amides is 3. The van der Waals surface area contributed by atoms with E-state index in [0.29, 0.717) is 0 Å². The summed E-state index contributed by atoms with van der Waals surface area (Å²) in [5.41, 5.74) is 0. The molecule has 1 rings (SSSR count). The molecule has 5 heteroatoms. The Labute approximate surface area is 90.4 Å². The zero-order chi connectivity index (χ0) is 11.3. The smallest absolute Gasteiger partial charge is 0.317 e. The Kier molecular flexibility index (Phi) is 4.39. The van der Waals surface area contributed by atoms with Crippen LogP contribution in [-0.2, 0) is 4.79 Å². The minimum absolute atomic E-state index is 0.0830. The van der Waals surface area contributed by atoms with E-state index in [2.05, 4.69) is 5.32 Å². The SMILES string of the molecule is CN(C)C(=O)CNC(=O)N1CCCCC1. The molecule has 1 aliphatic rings. The zero-order valence-corrected chi connectivity index (χ0v) is 9.45. The summed E-state index contributed by atoms with van der Waals surface area (Å²) >= 11 is 0. The van der Waals surface area contributed by atoms with Crippen molar-refractivity contribution in [3.8, 4) is 0 Å². The van der Waals surface area contributed by atoms with Gasteiger partial charge in [0.1, 0.15) is 0 Å². The molecule has 0 bridgehead atoms. The molecule has 0 saturated carbocycles. The average Bonchev–Trinajstić information content (AvgIpc) is 2.26. The van der Waals surface area contributed by atoms with Gasteiger partial charge in [0, 0.05) is 27.2 Å². The monoisotopic (exact) mass is 213 g/mol. The number of nitrogens with zero attached hydrogens (tertiary/aromatic N) is 2. The number of likely N-dealkylation sites (N-methyl/N-ethyl adjacent to an activating group) is 1. The van der Waals surface area contributed by atoms with Crippen molar-refractivity contribution in [2.75, 3.05) is 33.7 Å². The number of hydrogen-bond acceptors (Lipinski definition) is 2. The van der Waals surface area contributed by atoms with Crippen LogP contribution in [0.25, 0.3) is 0 Å².